The van der Waals surface area contributed by atoms with Gasteiger partial charge in [-0.3, -0.25) is 4.79 Å². The standard InChI is InChI=1S/C17H29N3O/c1-15(14-16-8-6-5-7-9-16)17(21)20(4)13-12-19(3)11-10-18-2/h5-9,15,18H,10-14H2,1-4H3/t15-/m1/s1. The fourth-order valence-corrected chi connectivity index (χ4v) is 2.28. The van der Waals surface area contributed by atoms with Gasteiger partial charge in [0.25, 0.3) is 0 Å². The number of rotatable bonds is 9. The SMILES string of the molecule is CNCCN(C)CCN(C)C(=O)[C@H](C)Cc1ccccc1. The molecular formula is C17H29N3O. The number of likely N-dealkylation sites (N-methyl/N-ethyl adjacent to an activating group) is 3. The monoisotopic (exact) mass is 291 g/mol. The van der Waals surface area contributed by atoms with Crippen molar-refractivity contribution in [1.29, 1.82) is 0 Å². The minimum Gasteiger partial charge on any atom is -0.344 e. The lowest BCUT2D eigenvalue weighted by Crippen LogP contribution is -2.39. The Morgan fingerprint density at radius 3 is 2.43 bits per heavy atom. The Labute approximate surface area is 129 Å². The van der Waals surface area contributed by atoms with E-state index in [2.05, 4.69) is 29.4 Å². The van der Waals surface area contributed by atoms with E-state index in [0.717, 1.165) is 32.6 Å². The van der Waals surface area contributed by atoms with E-state index in [1.54, 1.807) is 0 Å². The summed E-state index contributed by atoms with van der Waals surface area (Å²) in [4.78, 5) is 16.5. The number of nitrogens with one attached hydrogen (secondary N) is 1. The van der Waals surface area contributed by atoms with Crippen LogP contribution in [0, 0.1) is 5.92 Å². The van der Waals surface area contributed by atoms with E-state index >= 15 is 0 Å². The topological polar surface area (TPSA) is 35.6 Å². The molecule has 0 saturated carbocycles. The number of hydrogen-bond acceptors (Lipinski definition) is 3. The number of hydrogen-bond donors (Lipinski definition) is 1. The van der Waals surface area contributed by atoms with Crippen LogP contribution >= 0.6 is 0 Å². The summed E-state index contributed by atoms with van der Waals surface area (Å²) >= 11 is 0. The van der Waals surface area contributed by atoms with Gasteiger partial charge in [-0.05, 0) is 26.1 Å². The van der Waals surface area contributed by atoms with Gasteiger partial charge in [0.15, 0.2) is 0 Å². The maximum Gasteiger partial charge on any atom is 0.225 e. The van der Waals surface area contributed by atoms with Gasteiger partial charge in [-0.2, -0.15) is 0 Å². The van der Waals surface area contributed by atoms with Gasteiger partial charge >= 0.3 is 0 Å². The third kappa shape index (κ3) is 6.74. The van der Waals surface area contributed by atoms with Crippen molar-refractivity contribution in [2.45, 2.75) is 13.3 Å². The molecule has 0 aliphatic carbocycles. The van der Waals surface area contributed by atoms with Gasteiger partial charge in [0.1, 0.15) is 0 Å². The molecule has 0 aromatic heterocycles. The van der Waals surface area contributed by atoms with Gasteiger partial charge in [0.05, 0.1) is 0 Å². The smallest absolute Gasteiger partial charge is 0.225 e. The first-order chi connectivity index (χ1) is 10.0. The summed E-state index contributed by atoms with van der Waals surface area (Å²) in [5.74, 6) is 0.251. The molecule has 118 valence electrons. The zero-order valence-corrected chi connectivity index (χ0v) is 13.8. The summed E-state index contributed by atoms with van der Waals surface area (Å²) in [5.41, 5.74) is 1.22. The molecule has 1 N–H and O–H groups in total. The van der Waals surface area contributed by atoms with Gasteiger partial charge in [-0.15, -0.1) is 0 Å². The molecule has 0 radical (unpaired) electrons. The summed E-state index contributed by atoms with van der Waals surface area (Å²) in [6, 6.07) is 10.2. The number of carbonyl (C=O) groups is 1. The molecule has 0 saturated heterocycles. The van der Waals surface area contributed by atoms with Gasteiger partial charge in [0.2, 0.25) is 5.91 Å². The zero-order valence-electron chi connectivity index (χ0n) is 13.8. The average Bonchev–Trinajstić information content (AvgIpc) is 2.50. The number of carbonyl (C=O) groups excluding carboxylic acids is 1. The van der Waals surface area contributed by atoms with Crippen molar-refractivity contribution in [3.8, 4) is 0 Å². The molecule has 0 heterocycles. The highest BCUT2D eigenvalue weighted by molar-refractivity contribution is 5.78. The Balaban J connectivity index is 2.35. The van der Waals surface area contributed by atoms with Crippen molar-refractivity contribution in [2.24, 2.45) is 5.92 Å². The number of amides is 1. The number of benzene rings is 1. The second kappa shape index (κ2) is 9.53. The molecule has 1 amide bonds. The molecule has 1 aromatic carbocycles. The molecule has 4 heteroatoms. The van der Waals surface area contributed by atoms with Crippen molar-refractivity contribution >= 4 is 5.91 Å². The van der Waals surface area contributed by atoms with Crippen LogP contribution in [0.25, 0.3) is 0 Å². The zero-order chi connectivity index (χ0) is 15.7. The fourth-order valence-electron chi connectivity index (χ4n) is 2.28. The van der Waals surface area contributed by atoms with E-state index in [9.17, 15) is 4.79 Å². The first-order valence-electron chi connectivity index (χ1n) is 7.66. The summed E-state index contributed by atoms with van der Waals surface area (Å²) in [5, 5.41) is 3.13. The molecular weight excluding hydrogens is 262 g/mol. The van der Waals surface area contributed by atoms with E-state index in [1.165, 1.54) is 5.56 Å². The average molecular weight is 291 g/mol. The van der Waals surface area contributed by atoms with E-state index in [1.807, 2.05) is 44.1 Å². The third-order valence-corrected chi connectivity index (χ3v) is 3.74. The molecule has 0 spiro atoms. The molecule has 0 unspecified atom stereocenters. The predicted octanol–water partition coefficient (Wildman–Crippen LogP) is 1.47. The summed E-state index contributed by atoms with van der Waals surface area (Å²) in [7, 11) is 5.94. The Bertz CT molecular complexity index is 408. The second-order valence-electron chi connectivity index (χ2n) is 5.76. The van der Waals surface area contributed by atoms with Crippen LogP contribution in [0.5, 0.6) is 0 Å². The predicted molar refractivity (Wildman–Crippen MR) is 88.4 cm³/mol. The van der Waals surface area contributed by atoms with Crippen LogP contribution < -0.4 is 5.32 Å². The van der Waals surface area contributed by atoms with Gasteiger partial charge in [-0.25, -0.2) is 0 Å². The highest BCUT2D eigenvalue weighted by atomic mass is 16.2. The molecule has 0 fully saturated rings. The molecule has 0 aliphatic heterocycles. The highest BCUT2D eigenvalue weighted by Gasteiger charge is 2.17. The quantitative estimate of drug-likeness (QED) is 0.748. The Kier molecular flexibility index (Phi) is 8.01. The van der Waals surface area contributed by atoms with Crippen molar-refractivity contribution in [3.05, 3.63) is 35.9 Å². The van der Waals surface area contributed by atoms with Gasteiger partial charge < -0.3 is 15.1 Å². The molecule has 1 rings (SSSR count). The molecule has 1 atom stereocenters. The molecule has 4 nitrogen and oxygen atoms in total. The van der Waals surface area contributed by atoms with Crippen molar-refractivity contribution < 1.29 is 4.79 Å². The van der Waals surface area contributed by atoms with E-state index in [4.69, 9.17) is 0 Å². The molecule has 21 heavy (non-hydrogen) atoms. The highest BCUT2D eigenvalue weighted by Crippen LogP contribution is 2.10. The van der Waals surface area contributed by atoms with Crippen LogP contribution in [0.1, 0.15) is 12.5 Å². The lowest BCUT2D eigenvalue weighted by Gasteiger charge is -2.24. The maximum absolute atomic E-state index is 12.4. The summed E-state index contributed by atoms with van der Waals surface area (Å²) in [6.45, 7) is 5.66. The Morgan fingerprint density at radius 1 is 1.14 bits per heavy atom. The van der Waals surface area contributed by atoms with Crippen LogP contribution in [0.15, 0.2) is 30.3 Å². The minimum absolute atomic E-state index is 0.0278. The first kappa shape index (κ1) is 17.7. The lowest BCUT2D eigenvalue weighted by atomic mass is 10.00. The Hall–Kier alpha value is -1.39. The van der Waals surface area contributed by atoms with Crippen LogP contribution in [-0.2, 0) is 11.2 Å². The molecule has 0 bridgehead atoms. The fraction of sp³-hybridized carbons (Fsp3) is 0.588. The minimum atomic E-state index is 0.0278. The van der Waals surface area contributed by atoms with Gasteiger partial charge in [-0.1, -0.05) is 37.3 Å². The van der Waals surface area contributed by atoms with E-state index < -0.39 is 0 Å². The van der Waals surface area contributed by atoms with Crippen LogP contribution in [0.3, 0.4) is 0 Å². The van der Waals surface area contributed by atoms with Gasteiger partial charge in [0, 0.05) is 39.1 Å². The van der Waals surface area contributed by atoms with Crippen LogP contribution in [-0.4, -0.2) is 63.0 Å². The molecule has 0 aliphatic rings. The largest absolute Gasteiger partial charge is 0.344 e. The first-order valence-corrected chi connectivity index (χ1v) is 7.66. The van der Waals surface area contributed by atoms with E-state index in [-0.39, 0.29) is 11.8 Å². The summed E-state index contributed by atoms with van der Waals surface area (Å²) < 4.78 is 0. The van der Waals surface area contributed by atoms with E-state index in [0.29, 0.717) is 0 Å². The van der Waals surface area contributed by atoms with Crippen LogP contribution in [0.4, 0.5) is 0 Å². The van der Waals surface area contributed by atoms with Crippen LogP contribution in [0.2, 0.25) is 0 Å². The third-order valence-electron chi connectivity index (χ3n) is 3.74. The normalized spacial score (nSPS) is 12.4. The second-order valence-corrected chi connectivity index (χ2v) is 5.76. The number of nitrogens with zero attached hydrogens (tertiary/aromatic N) is 2. The maximum atomic E-state index is 12.4. The van der Waals surface area contributed by atoms with Crippen molar-refractivity contribution in [3.63, 3.8) is 0 Å². The van der Waals surface area contributed by atoms with Crippen molar-refractivity contribution in [2.75, 3.05) is 47.3 Å². The molecule has 1 aromatic rings. The lowest BCUT2D eigenvalue weighted by molar-refractivity contribution is -0.133. The van der Waals surface area contributed by atoms with Crippen molar-refractivity contribution in [1.82, 2.24) is 15.1 Å². The summed E-state index contributed by atoms with van der Waals surface area (Å²) in [6.07, 6.45) is 0.805. The Morgan fingerprint density at radius 2 is 1.81 bits per heavy atom.